The molecule has 0 amide bonds. The Labute approximate surface area is 177 Å². The molecule has 4 aromatic rings. The second kappa shape index (κ2) is 8.37. The van der Waals surface area contributed by atoms with E-state index in [0.29, 0.717) is 13.2 Å². The third kappa shape index (κ3) is 3.50. The molecule has 0 saturated heterocycles. The Kier molecular flexibility index (Phi) is 5.29. The molecule has 4 aromatic carbocycles. The number of hydrogen-bond donors (Lipinski definition) is 0. The summed E-state index contributed by atoms with van der Waals surface area (Å²) in [6, 6.07) is 25.5. The van der Waals surface area contributed by atoms with E-state index >= 15 is 0 Å². The van der Waals surface area contributed by atoms with Gasteiger partial charge in [0.2, 0.25) is 0 Å². The van der Waals surface area contributed by atoms with E-state index in [1.165, 1.54) is 21.5 Å². The molecule has 3 nitrogen and oxygen atoms in total. The second-order valence-electron chi connectivity index (χ2n) is 7.79. The highest BCUT2D eigenvalue weighted by Crippen LogP contribution is 2.46. The molecular weight excluding hydrogens is 372 g/mol. The quantitative estimate of drug-likeness (QED) is 0.369. The van der Waals surface area contributed by atoms with Crippen LogP contribution in [0, 0.1) is 5.92 Å². The highest BCUT2D eigenvalue weighted by Gasteiger charge is 2.22. The van der Waals surface area contributed by atoms with Crippen LogP contribution >= 0.6 is 0 Å². The second-order valence-corrected chi connectivity index (χ2v) is 7.79. The average molecular weight is 399 g/mol. The van der Waals surface area contributed by atoms with E-state index in [-0.39, 0.29) is 5.92 Å². The monoisotopic (exact) mass is 398 g/mol. The van der Waals surface area contributed by atoms with E-state index in [9.17, 15) is 0 Å². The Morgan fingerprint density at radius 2 is 1.27 bits per heavy atom. The van der Waals surface area contributed by atoms with Gasteiger partial charge in [-0.1, -0.05) is 60.7 Å². The van der Waals surface area contributed by atoms with Crippen LogP contribution in [0.4, 0.5) is 0 Å². The fourth-order valence-electron chi connectivity index (χ4n) is 4.28. The van der Waals surface area contributed by atoms with Crippen molar-refractivity contribution < 1.29 is 14.2 Å². The molecule has 0 unspecified atom stereocenters. The van der Waals surface area contributed by atoms with Crippen LogP contribution in [0.3, 0.4) is 0 Å². The first kappa shape index (κ1) is 19.0. The minimum Gasteiger partial charge on any atom is -0.492 e. The van der Waals surface area contributed by atoms with E-state index < -0.39 is 0 Å². The summed E-state index contributed by atoms with van der Waals surface area (Å²) >= 11 is 0. The molecule has 1 aliphatic heterocycles. The molecule has 1 aliphatic rings. The Bertz CT molecular complexity index is 1090. The minimum atomic E-state index is 0.272. The third-order valence-corrected chi connectivity index (χ3v) is 5.86. The fourth-order valence-corrected chi connectivity index (χ4v) is 4.28. The van der Waals surface area contributed by atoms with Gasteiger partial charge < -0.3 is 14.2 Å². The summed E-state index contributed by atoms with van der Waals surface area (Å²) in [7, 11) is 0. The van der Waals surface area contributed by atoms with Crippen LogP contribution in [-0.4, -0.2) is 26.4 Å². The average Bonchev–Trinajstić information content (AvgIpc) is 2.87. The first-order chi connectivity index (χ1) is 14.8. The lowest BCUT2D eigenvalue weighted by atomic mass is 9.92. The SMILES string of the molecule is CCOCCC1COc2ccc3ccccc3c2-c2c(ccc3ccccc23)OC1. The fraction of sp³-hybridized carbons (Fsp3) is 0.259. The van der Waals surface area contributed by atoms with Crippen molar-refractivity contribution in [1.29, 1.82) is 0 Å². The molecule has 0 aliphatic carbocycles. The predicted octanol–water partition coefficient (Wildman–Crippen LogP) is 6.47. The van der Waals surface area contributed by atoms with Crippen molar-refractivity contribution in [2.45, 2.75) is 13.3 Å². The van der Waals surface area contributed by atoms with Crippen molar-refractivity contribution in [3.63, 3.8) is 0 Å². The van der Waals surface area contributed by atoms with Gasteiger partial charge in [0.25, 0.3) is 0 Å². The van der Waals surface area contributed by atoms with Gasteiger partial charge in [-0.3, -0.25) is 0 Å². The number of benzene rings is 4. The zero-order chi connectivity index (χ0) is 20.3. The van der Waals surface area contributed by atoms with Crippen LogP contribution < -0.4 is 9.47 Å². The minimum absolute atomic E-state index is 0.272. The maximum absolute atomic E-state index is 6.43. The van der Waals surface area contributed by atoms with Crippen LogP contribution in [0.5, 0.6) is 11.5 Å². The molecule has 152 valence electrons. The van der Waals surface area contributed by atoms with Gasteiger partial charge in [0, 0.05) is 30.3 Å². The zero-order valence-electron chi connectivity index (χ0n) is 17.3. The molecule has 0 radical (unpaired) electrons. The van der Waals surface area contributed by atoms with Gasteiger partial charge >= 0.3 is 0 Å². The lowest BCUT2D eigenvalue weighted by Crippen LogP contribution is -2.21. The lowest BCUT2D eigenvalue weighted by Gasteiger charge is -2.17. The predicted molar refractivity (Wildman–Crippen MR) is 122 cm³/mol. The molecule has 0 N–H and O–H groups in total. The van der Waals surface area contributed by atoms with Crippen LogP contribution in [-0.2, 0) is 4.74 Å². The molecular formula is C27H26O3. The highest BCUT2D eigenvalue weighted by molar-refractivity contribution is 6.09. The third-order valence-electron chi connectivity index (χ3n) is 5.86. The summed E-state index contributed by atoms with van der Waals surface area (Å²) in [6.07, 6.45) is 0.916. The molecule has 3 heteroatoms. The highest BCUT2D eigenvalue weighted by atomic mass is 16.5. The summed E-state index contributed by atoms with van der Waals surface area (Å²) in [5, 5.41) is 4.77. The van der Waals surface area contributed by atoms with Gasteiger partial charge in [0.1, 0.15) is 11.5 Å². The van der Waals surface area contributed by atoms with Crippen molar-refractivity contribution in [2.24, 2.45) is 5.92 Å². The van der Waals surface area contributed by atoms with E-state index in [2.05, 4.69) is 72.8 Å². The Morgan fingerprint density at radius 3 is 1.80 bits per heavy atom. The van der Waals surface area contributed by atoms with Crippen LogP contribution in [0.15, 0.2) is 72.8 Å². The van der Waals surface area contributed by atoms with E-state index in [1.807, 2.05) is 6.92 Å². The smallest absolute Gasteiger partial charge is 0.127 e. The largest absolute Gasteiger partial charge is 0.492 e. The van der Waals surface area contributed by atoms with Crippen molar-refractivity contribution in [1.82, 2.24) is 0 Å². The number of hydrogen-bond acceptors (Lipinski definition) is 3. The number of fused-ring (bicyclic) bond motifs is 7. The van der Waals surface area contributed by atoms with Crippen molar-refractivity contribution >= 4 is 21.5 Å². The van der Waals surface area contributed by atoms with Crippen LogP contribution in [0.2, 0.25) is 0 Å². The van der Waals surface area contributed by atoms with E-state index in [4.69, 9.17) is 14.2 Å². The zero-order valence-corrected chi connectivity index (χ0v) is 17.3. The van der Waals surface area contributed by atoms with Crippen molar-refractivity contribution in [2.75, 3.05) is 26.4 Å². The molecule has 0 fully saturated rings. The number of ether oxygens (including phenoxy) is 3. The molecule has 0 bridgehead atoms. The van der Waals surface area contributed by atoms with Crippen molar-refractivity contribution in [3.8, 4) is 22.6 Å². The molecule has 0 atom stereocenters. The van der Waals surface area contributed by atoms with E-state index in [1.54, 1.807) is 0 Å². The lowest BCUT2D eigenvalue weighted by molar-refractivity contribution is 0.102. The standard InChI is InChI=1S/C27H26O3/c1-2-28-16-15-19-17-29-24-13-11-20-7-3-5-9-22(20)26(24)27-23-10-6-4-8-21(23)12-14-25(27)30-18-19/h3-14,19H,2,15-18H2,1H3. The molecule has 0 saturated carbocycles. The normalized spacial score (nSPS) is 14.2. The molecule has 5 rings (SSSR count). The summed E-state index contributed by atoms with van der Waals surface area (Å²) in [4.78, 5) is 0. The molecule has 1 heterocycles. The van der Waals surface area contributed by atoms with Gasteiger partial charge in [0.15, 0.2) is 0 Å². The first-order valence-corrected chi connectivity index (χ1v) is 10.7. The van der Waals surface area contributed by atoms with Gasteiger partial charge in [-0.2, -0.15) is 0 Å². The molecule has 0 aromatic heterocycles. The topological polar surface area (TPSA) is 27.7 Å². The summed E-state index contributed by atoms with van der Waals surface area (Å²) in [5.74, 6) is 2.10. The molecule has 0 spiro atoms. The summed E-state index contributed by atoms with van der Waals surface area (Å²) in [5.41, 5.74) is 2.23. The van der Waals surface area contributed by atoms with Crippen LogP contribution in [0.25, 0.3) is 32.7 Å². The van der Waals surface area contributed by atoms with E-state index in [0.717, 1.165) is 42.3 Å². The summed E-state index contributed by atoms with van der Waals surface area (Å²) in [6.45, 7) is 4.72. The van der Waals surface area contributed by atoms with Gasteiger partial charge in [-0.25, -0.2) is 0 Å². The van der Waals surface area contributed by atoms with Gasteiger partial charge in [0.05, 0.1) is 13.2 Å². The molecule has 30 heavy (non-hydrogen) atoms. The Balaban J connectivity index is 1.72. The summed E-state index contributed by atoms with van der Waals surface area (Å²) < 4.78 is 18.4. The van der Waals surface area contributed by atoms with Gasteiger partial charge in [-0.05, 0) is 47.0 Å². The first-order valence-electron chi connectivity index (χ1n) is 10.7. The van der Waals surface area contributed by atoms with Gasteiger partial charge in [-0.15, -0.1) is 0 Å². The Hall–Kier alpha value is -3.04. The van der Waals surface area contributed by atoms with Crippen molar-refractivity contribution in [3.05, 3.63) is 72.8 Å². The number of rotatable bonds is 4. The maximum atomic E-state index is 6.43. The Morgan fingerprint density at radius 1 is 0.733 bits per heavy atom. The van der Waals surface area contributed by atoms with Crippen LogP contribution in [0.1, 0.15) is 13.3 Å². The maximum Gasteiger partial charge on any atom is 0.127 e.